The van der Waals surface area contributed by atoms with Crippen molar-refractivity contribution in [2.24, 2.45) is 0 Å². The number of rotatable bonds is 6. The molecule has 0 unspecified atom stereocenters. The molecule has 0 saturated heterocycles. The van der Waals surface area contributed by atoms with E-state index in [4.69, 9.17) is 5.11 Å². The highest BCUT2D eigenvalue weighted by molar-refractivity contribution is 7.87. The molecule has 0 heterocycles. The third-order valence-corrected chi connectivity index (χ3v) is 4.08. The van der Waals surface area contributed by atoms with Gasteiger partial charge in [-0.3, -0.25) is 4.79 Å². The van der Waals surface area contributed by atoms with Crippen molar-refractivity contribution in [3.63, 3.8) is 0 Å². The highest BCUT2D eigenvalue weighted by Gasteiger charge is 2.29. The average molecular weight is 252 g/mol. The fourth-order valence-electron chi connectivity index (χ4n) is 1.64. The first-order valence-corrected chi connectivity index (χ1v) is 6.76. The van der Waals surface area contributed by atoms with Crippen molar-refractivity contribution in [1.29, 1.82) is 0 Å². The number of carboxylic acid groups (broad SMARTS) is 1. The van der Waals surface area contributed by atoms with Gasteiger partial charge >= 0.3 is 5.97 Å². The van der Waals surface area contributed by atoms with Gasteiger partial charge in [0.15, 0.2) is 0 Å². The highest BCUT2D eigenvalue weighted by atomic mass is 32.2. The molecule has 94 valence electrons. The van der Waals surface area contributed by atoms with Gasteiger partial charge in [-0.05, 0) is 12.8 Å². The molecule has 1 aliphatic rings. The zero-order valence-electron chi connectivity index (χ0n) is 8.92. The van der Waals surface area contributed by atoms with Gasteiger partial charge in [-0.15, -0.1) is 4.33 Å². The van der Waals surface area contributed by atoms with Crippen LogP contribution in [0.5, 0.6) is 0 Å². The quantitative estimate of drug-likeness (QED) is 0.432. The molecule has 0 radical (unpaired) electrons. The number of hydrogen-bond acceptors (Lipinski definition) is 5. The first-order valence-electron chi connectivity index (χ1n) is 5.29. The first kappa shape index (κ1) is 13.4. The molecule has 1 rings (SSSR count). The Hall–Kier alpha value is -0.660. The van der Waals surface area contributed by atoms with Crippen molar-refractivity contribution in [3.8, 4) is 0 Å². The standard InChI is InChI=1S/C9H16O6S/c10-9(11)6-7-14-15-16(12,13)8-4-2-1-3-5-8/h8H,1-7H2,(H,10,11). The molecule has 0 aliphatic heterocycles. The van der Waals surface area contributed by atoms with Crippen LogP contribution in [0.2, 0.25) is 0 Å². The van der Waals surface area contributed by atoms with Gasteiger partial charge in [0.25, 0.3) is 10.1 Å². The molecule has 16 heavy (non-hydrogen) atoms. The van der Waals surface area contributed by atoms with Crippen LogP contribution in [0.4, 0.5) is 0 Å². The molecule has 1 aliphatic carbocycles. The molecular formula is C9H16O6S. The third kappa shape index (κ3) is 4.46. The maximum Gasteiger partial charge on any atom is 0.305 e. The molecule has 0 spiro atoms. The molecular weight excluding hydrogens is 236 g/mol. The summed E-state index contributed by atoms with van der Waals surface area (Å²) in [5.41, 5.74) is 0. The molecule has 0 aromatic heterocycles. The van der Waals surface area contributed by atoms with Crippen molar-refractivity contribution >= 4 is 16.1 Å². The van der Waals surface area contributed by atoms with Crippen molar-refractivity contribution < 1.29 is 27.5 Å². The van der Waals surface area contributed by atoms with E-state index in [1.54, 1.807) is 0 Å². The fourth-order valence-corrected chi connectivity index (χ4v) is 2.86. The van der Waals surface area contributed by atoms with Crippen molar-refractivity contribution in [2.75, 3.05) is 6.61 Å². The smallest absolute Gasteiger partial charge is 0.305 e. The zero-order chi connectivity index (χ0) is 12.0. The van der Waals surface area contributed by atoms with E-state index in [0.29, 0.717) is 12.8 Å². The van der Waals surface area contributed by atoms with Crippen LogP contribution < -0.4 is 0 Å². The van der Waals surface area contributed by atoms with Crippen LogP contribution in [0.15, 0.2) is 0 Å². The average Bonchev–Trinajstić information content (AvgIpc) is 2.26. The summed E-state index contributed by atoms with van der Waals surface area (Å²) >= 11 is 0. The molecule has 0 atom stereocenters. The number of carboxylic acids is 1. The Morgan fingerprint density at radius 1 is 1.25 bits per heavy atom. The third-order valence-electron chi connectivity index (χ3n) is 2.50. The summed E-state index contributed by atoms with van der Waals surface area (Å²) in [5.74, 6) is -1.06. The highest BCUT2D eigenvalue weighted by Crippen LogP contribution is 2.24. The van der Waals surface area contributed by atoms with Gasteiger partial charge in [0, 0.05) is 0 Å². The molecule has 6 nitrogen and oxygen atoms in total. The maximum atomic E-state index is 11.5. The van der Waals surface area contributed by atoms with Gasteiger partial charge in [-0.25, -0.2) is 4.89 Å². The second-order valence-electron chi connectivity index (χ2n) is 3.79. The summed E-state index contributed by atoms with van der Waals surface area (Å²) in [4.78, 5) is 14.5. The van der Waals surface area contributed by atoms with Gasteiger partial charge in [-0.2, -0.15) is 8.42 Å². The molecule has 1 N–H and O–H groups in total. The van der Waals surface area contributed by atoms with Gasteiger partial charge in [0.05, 0.1) is 18.3 Å². The van der Waals surface area contributed by atoms with E-state index >= 15 is 0 Å². The van der Waals surface area contributed by atoms with E-state index in [9.17, 15) is 13.2 Å². The van der Waals surface area contributed by atoms with Gasteiger partial charge in [0.1, 0.15) is 0 Å². The van der Waals surface area contributed by atoms with Crippen LogP contribution >= 0.6 is 0 Å². The minimum absolute atomic E-state index is 0.263. The molecule has 7 heteroatoms. The number of carbonyl (C=O) groups is 1. The van der Waals surface area contributed by atoms with E-state index in [1.807, 2.05) is 0 Å². The monoisotopic (exact) mass is 252 g/mol. The number of aliphatic carboxylic acids is 1. The van der Waals surface area contributed by atoms with Crippen LogP contribution in [0.3, 0.4) is 0 Å². The summed E-state index contributed by atoms with van der Waals surface area (Å²) in [5, 5.41) is 7.80. The Bertz CT molecular complexity index is 317. The Balaban J connectivity index is 2.30. The summed E-state index contributed by atoms with van der Waals surface area (Å²) in [7, 11) is -3.70. The lowest BCUT2D eigenvalue weighted by molar-refractivity contribution is -0.205. The SMILES string of the molecule is O=C(O)CCOOS(=O)(=O)C1CCCCC1. The fraction of sp³-hybridized carbons (Fsp3) is 0.889. The lowest BCUT2D eigenvalue weighted by atomic mass is 10.0. The van der Waals surface area contributed by atoms with Gasteiger partial charge in [0.2, 0.25) is 0 Å². The van der Waals surface area contributed by atoms with Gasteiger partial charge in [-0.1, -0.05) is 19.3 Å². The van der Waals surface area contributed by atoms with Crippen LogP contribution in [0.1, 0.15) is 38.5 Å². The molecule has 0 aromatic carbocycles. The topological polar surface area (TPSA) is 89.9 Å². The summed E-state index contributed by atoms with van der Waals surface area (Å²) in [6.45, 7) is -0.263. The minimum Gasteiger partial charge on any atom is -0.481 e. The molecule has 1 fully saturated rings. The Morgan fingerprint density at radius 3 is 2.44 bits per heavy atom. The predicted molar refractivity (Wildman–Crippen MR) is 55.1 cm³/mol. The lowest BCUT2D eigenvalue weighted by Gasteiger charge is -2.20. The first-order chi connectivity index (χ1) is 7.52. The van der Waals surface area contributed by atoms with Crippen LogP contribution in [0, 0.1) is 0 Å². The molecule has 0 aromatic rings. The van der Waals surface area contributed by atoms with Crippen LogP contribution in [-0.2, 0) is 24.1 Å². The van der Waals surface area contributed by atoms with E-state index < -0.39 is 21.3 Å². The Morgan fingerprint density at radius 2 is 1.88 bits per heavy atom. The summed E-state index contributed by atoms with van der Waals surface area (Å²) in [6.07, 6.45) is 3.70. The zero-order valence-corrected chi connectivity index (χ0v) is 9.74. The predicted octanol–water partition coefficient (Wildman–Crippen LogP) is 1.07. The minimum atomic E-state index is -3.70. The second kappa shape index (κ2) is 6.17. The Kier molecular flexibility index (Phi) is 5.17. The van der Waals surface area contributed by atoms with Crippen LogP contribution in [0.25, 0.3) is 0 Å². The normalized spacial score (nSPS) is 18.5. The van der Waals surface area contributed by atoms with E-state index in [1.165, 1.54) is 0 Å². The molecule has 1 saturated carbocycles. The lowest BCUT2D eigenvalue weighted by Crippen LogP contribution is -2.26. The number of hydrogen-bond donors (Lipinski definition) is 1. The maximum absolute atomic E-state index is 11.5. The summed E-state index contributed by atoms with van der Waals surface area (Å²) < 4.78 is 27.4. The van der Waals surface area contributed by atoms with Crippen molar-refractivity contribution in [3.05, 3.63) is 0 Å². The molecule has 0 bridgehead atoms. The second-order valence-corrected chi connectivity index (χ2v) is 5.57. The van der Waals surface area contributed by atoms with Crippen molar-refractivity contribution in [2.45, 2.75) is 43.8 Å². The van der Waals surface area contributed by atoms with E-state index in [2.05, 4.69) is 9.22 Å². The molecule has 0 amide bonds. The largest absolute Gasteiger partial charge is 0.481 e. The van der Waals surface area contributed by atoms with E-state index in [0.717, 1.165) is 19.3 Å². The van der Waals surface area contributed by atoms with Gasteiger partial charge < -0.3 is 5.11 Å². The van der Waals surface area contributed by atoms with Crippen molar-refractivity contribution in [1.82, 2.24) is 0 Å². The van der Waals surface area contributed by atoms with E-state index in [-0.39, 0.29) is 13.0 Å². The van der Waals surface area contributed by atoms with Crippen LogP contribution in [-0.4, -0.2) is 31.4 Å². The summed E-state index contributed by atoms with van der Waals surface area (Å²) in [6, 6.07) is 0. The Labute approximate surface area is 94.6 Å².